The molecule has 0 fully saturated rings. The van der Waals surface area contributed by atoms with Crippen LogP contribution < -0.4 is 10.6 Å². The molecule has 20 heavy (non-hydrogen) atoms. The number of halogens is 2. The fourth-order valence-corrected chi connectivity index (χ4v) is 2.48. The van der Waals surface area contributed by atoms with E-state index >= 15 is 0 Å². The Morgan fingerprint density at radius 3 is 2.85 bits per heavy atom. The molecule has 0 atom stereocenters. The van der Waals surface area contributed by atoms with Crippen LogP contribution in [0.5, 0.6) is 0 Å². The second-order valence-electron chi connectivity index (χ2n) is 4.81. The fourth-order valence-electron chi connectivity index (χ4n) is 2.48. The van der Waals surface area contributed by atoms with Crippen molar-refractivity contribution in [3.8, 4) is 0 Å². The molecule has 2 rings (SSSR count). The largest absolute Gasteiger partial charge is 0.393 e. The number of rotatable bonds is 4. The molecule has 3 N–H and O–H groups in total. The lowest BCUT2D eigenvalue weighted by atomic mass is 9.95. The lowest BCUT2D eigenvalue weighted by molar-refractivity contribution is 0.151. The third kappa shape index (κ3) is 2.98. The lowest BCUT2D eigenvalue weighted by Gasteiger charge is -2.15. The molecule has 0 saturated heterocycles. The molecule has 108 valence electrons. The first kappa shape index (κ1) is 14.5. The summed E-state index contributed by atoms with van der Waals surface area (Å²) in [5.74, 6) is 0. The molecule has 0 saturated carbocycles. The van der Waals surface area contributed by atoms with Gasteiger partial charge in [-0.05, 0) is 42.5 Å². The van der Waals surface area contributed by atoms with Gasteiger partial charge in [0, 0.05) is 42.8 Å². The minimum Gasteiger partial charge on any atom is -0.393 e. The van der Waals surface area contributed by atoms with E-state index in [1.54, 1.807) is 19.3 Å². The zero-order chi connectivity index (χ0) is 14.5. The van der Waals surface area contributed by atoms with Crippen LogP contribution in [0.25, 0.3) is 5.57 Å². The van der Waals surface area contributed by atoms with Crippen molar-refractivity contribution in [2.75, 3.05) is 18.9 Å². The van der Waals surface area contributed by atoms with E-state index in [0.717, 1.165) is 43.3 Å². The summed E-state index contributed by atoms with van der Waals surface area (Å²) in [7, 11) is 1.69. The van der Waals surface area contributed by atoms with Gasteiger partial charge in [-0.25, -0.2) is 8.78 Å². The Labute approximate surface area is 117 Å². The highest BCUT2D eigenvalue weighted by molar-refractivity contribution is 6.09. The number of alkyl halides is 2. The van der Waals surface area contributed by atoms with Crippen molar-refractivity contribution < 1.29 is 8.78 Å². The Balaban J connectivity index is 2.56. The molecule has 1 aliphatic rings. The van der Waals surface area contributed by atoms with E-state index in [1.165, 1.54) is 6.07 Å². The van der Waals surface area contributed by atoms with E-state index in [9.17, 15) is 8.78 Å². The van der Waals surface area contributed by atoms with Gasteiger partial charge in [0.05, 0.1) is 0 Å². The van der Waals surface area contributed by atoms with Crippen LogP contribution in [-0.2, 0) is 6.42 Å². The first-order valence-electron chi connectivity index (χ1n) is 6.74. The molecule has 1 aromatic carbocycles. The molecule has 0 unspecified atom stereocenters. The number of hydrogen-bond donors (Lipinski definition) is 3. The SMILES string of the molecule is CN/C=C(\C=N)c1cc2c(cc1C(F)F)NCCCC2. The molecule has 0 aromatic heterocycles. The van der Waals surface area contributed by atoms with E-state index < -0.39 is 6.43 Å². The highest BCUT2D eigenvalue weighted by Gasteiger charge is 2.19. The summed E-state index contributed by atoms with van der Waals surface area (Å²) in [6.45, 7) is 0.818. The van der Waals surface area contributed by atoms with Crippen LogP contribution in [0.2, 0.25) is 0 Å². The number of allylic oxidation sites excluding steroid dienone is 1. The summed E-state index contributed by atoms with van der Waals surface area (Å²) < 4.78 is 26.6. The minimum absolute atomic E-state index is 0.0249. The maximum absolute atomic E-state index is 13.3. The molecule has 0 bridgehead atoms. The van der Waals surface area contributed by atoms with Crippen molar-refractivity contribution in [2.45, 2.75) is 25.7 Å². The van der Waals surface area contributed by atoms with Gasteiger partial charge < -0.3 is 16.0 Å². The summed E-state index contributed by atoms with van der Waals surface area (Å²) in [4.78, 5) is 0. The van der Waals surface area contributed by atoms with Gasteiger partial charge in [0.2, 0.25) is 0 Å². The molecule has 0 radical (unpaired) electrons. The van der Waals surface area contributed by atoms with Gasteiger partial charge in [-0.15, -0.1) is 0 Å². The molecular formula is C15H19F2N3. The second-order valence-corrected chi connectivity index (χ2v) is 4.81. The molecular weight excluding hydrogens is 260 g/mol. The average molecular weight is 279 g/mol. The molecule has 1 heterocycles. The Hall–Kier alpha value is -1.91. The van der Waals surface area contributed by atoms with Crippen molar-refractivity contribution >= 4 is 17.5 Å². The van der Waals surface area contributed by atoms with Crippen LogP contribution in [0.1, 0.15) is 36.0 Å². The summed E-state index contributed by atoms with van der Waals surface area (Å²) in [6.07, 6.45) is 3.09. The second kappa shape index (κ2) is 6.50. The Bertz CT molecular complexity index is 524. The zero-order valence-electron chi connectivity index (χ0n) is 11.5. The van der Waals surface area contributed by atoms with Crippen molar-refractivity contribution in [3.63, 3.8) is 0 Å². The highest BCUT2D eigenvalue weighted by Crippen LogP contribution is 2.34. The van der Waals surface area contributed by atoms with E-state index in [2.05, 4.69) is 10.6 Å². The maximum atomic E-state index is 13.3. The molecule has 3 nitrogen and oxygen atoms in total. The van der Waals surface area contributed by atoms with Crippen LogP contribution in [0.3, 0.4) is 0 Å². The number of fused-ring (bicyclic) bond motifs is 1. The maximum Gasteiger partial charge on any atom is 0.264 e. The van der Waals surface area contributed by atoms with Gasteiger partial charge in [-0.2, -0.15) is 0 Å². The highest BCUT2D eigenvalue weighted by atomic mass is 19.3. The van der Waals surface area contributed by atoms with Gasteiger partial charge in [-0.3, -0.25) is 0 Å². The number of aryl methyl sites for hydroxylation is 1. The summed E-state index contributed by atoms with van der Waals surface area (Å²) in [5, 5.41) is 13.4. The van der Waals surface area contributed by atoms with Crippen LogP contribution in [0, 0.1) is 5.41 Å². The normalized spacial score (nSPS) is 15.3. The smallest absolute Gasteiger partial charge is 0.264 e. The first-order chi connectivity index (χ1) is 9.67. The Morgan fingerprint density at radius 1 is 1.40 bits per heavy atom. The number of benzene rings is 1. The van der Waals surface area contributed by atoms with E-state index in [0.29, 0.717) is 11.1 Å². The summed E-state index contributed by atoms with van der Waals surface area (Å²) in [5.41, 5.74) is 2.73. The Kier molecular flexibility index (Phi) is 4.71. The molecule has 0 spiro atoms. The molecule has 0 aliphatic carbocycles. The third-order valence-electron chi connectivity index (χ3n) is 3.47. The minimum atomic E-state index is -2.56. The third-order valence-corrected chi connectivity index (χ3v) is 3.47. The van der Waals surface area contributed by atoms with Gasteiger partial charge in [-0.1, -0.05) is 0 Å². The monoisotopic (exact) mass is 279 g/mol. The standard InChI is InChI=1S/C15H19F2N3/c1-19-9-11(8-18)12-6-10-4-2-3-5-20-14(10)7-13(12)15(16)17/h6-9,15,18-20H,2-5H2,1H3/b11-9+,18-8?. The summed E-state index contributed by atoms with van der Waals surface area (Å²) >= 11 is 0. The molecule has 1 aromatic rings. The van der Waals surface area contributed by atoms with Crippen LogP contribution in [0.15, 0.2) is 18.3 Å². The number of nitrogens with one attached hydrogen (secondary N) is 3. The van der Waals surface area contributed by atoms with Crippen molar-refractivity contribution in [1.82, 2.24) is 5.32 Å². The number of hydrogen-bond acceptors (Lipinski definition) is 3. The van der Waals surface area contributed by atoms with E-state index in [-0.39, 0.29) is 5.56 Å². The van der Waals surface area contributed by atoms with E-state index in [4.69, 9.17) is 5.41 Å². The van der Waals surface area contributed by atoms with Gasteiger partial charge >= 0.3 is 0 Å². The van der Waals surface area contributed by atoms with Crippen LogP contribution in [-0.4, -0.2) is 19.8 Å². The van der Waals surface area contributed by atoms with E-state index in [1.807, 2.05) is 0 Å². The van der Waals surface area contributed by atoms with Gasteiger partial charge in [0.25, 0.3) is 6.43 Å². The van der Waals surface area contributed by atoms with Crippen molar-refractivity contribution in [2.24, 2.45) is 0 Å². The topological polar surface area (TPSA) is 47.9 Å². The van der Waals surface area contributed by atoms with Crippen LogP contribution >= 0.6 is 0 Å². The average Bonchev–Trinajstić information content (AvgIpc) is 2.67. The zero-order valence-corrected chi connectivity index (χ0v) is 11.5. The Morgan fingerprint density at radius 2 is 2.20 bits per heavy atom. The quantitative estimate of drug-likeness (QED) is 0.738. The van der Waals surface area contributed by atoms with Gasteiger partial charge in [0.1, 0.15) is 0 Å². The lowest BCUT2D eigenvalue weighted by Crippen LogP contribution is -2.05. The van der Waals surface area contributed by atoms with Crippen molar-refractivity contribution in [1.29, 1.82) is 5.41 Å². The fraction of sp³-hybridized carbons (Fsp3) is 0.400. The number of anilines is 1. The first-order valence-corrected chi connectivity index (χ1v) is 6.74. The molecule has 5 heteroatoms. The predicted molar refractivity (Wildman–Crippen MR) is 78.6 cm³/mol. The summed E-state index contributed by atoms with van der Waals surface area (Å²) in [6, 6.07) is 3.33. The van der Waals surface area contributed by atoms with Gasteiger partial charge in [0.15, 0.2) is 0 Å². The predicted octanol–water partition coefficient (Wildman–Crippen LogP) is 3.58. The molecule has 1 aliphatic heterocycles. The van der Waals surface area contributed by atoms with Crippen molar-refractivity contribution in [3.05, 3.63) is 35.0 Å². The van der Waals surface area contributed by atoms with Crippen LogP contribution in [0.4, 0.5) is 14.5 Å². The molecule has 0 amide bonds.